The number of nitrogens with one attached hydrogen (secondary N) is 2. The predicted molar refractivity (Wildman–Crippen MR) is 74.4 cm³/mol. The van der Waals surface area contributed by atoms with Crippen LogP contribution in [0.15, 0.2) is 0 Å². The summed E-state index contributed by atoms with van der Waals surface area (Å²) in [4.78, 5) is 12.1. The molecular formula is C13H20N6O. The van der Waals surface area contributed by atoms with Gasteiger partial charge in [0.1, 0.15) is 0 Å². The van der Waals surface area contributed by atoms with Crippen LogP contribution in [0.1, 0.15) is 53.0 Å². The number of aromatic nitrogens is 5. The monoisotopic (exact) mass is 276 g/mol. The average molecular weight is 276 g/mol. The van der Waals surface area contributed by atoms with E-state index in [0.29, 0.717) is 11.4 Å². The normalized spacial score (nSPS) is 12.4. The van der Waals surface area contributed by atoms with Crippen LogP contribution < -0.4 is 5.32 Å². The van der Waals surface area contributed by atoms with E-state index < -0.39 is 0 Å². The largest absolute Gasteiger partial charge is 0.344 e. The predicted octanol–water partition coefficient (Wildman–Crippen LogP) is 1.44. The van der Waals surface area contributed by atoms with E-state index in [4.69, 9.17) is 0 Å². The summed E-state index contributed by atoms with van der Waals surface area (Å²) in [5.74, 6) is -0.230. The van der Waals surface area contributed by atoms with E-state index in [1.807, 2.05) is 32.4 Å². The summed E-state index contributed by atoms with van der Waals surface area (Å²) in [5.41, 5.74) is 3.99. The zero-order valence-electron chi connectivity index (χ0n) is 12.5. The number of carbonyl (C=O) groups is 1. The van der Waals surface area contributed by atoms with Crippen LogP contribution in [0.4, 0.5) is 0 Å². The minimum atomic E-state index is -0.230. The first-order chi connectivity index (χ1) is 9.45. The van der Waals surface area contributed by atoms with Crippen molar-refractivity contribution in [2.45, 2.75) is 47.2 Å². The van der Waals surface area contributed by atoms with Crippen molar-refractivity contribution in [2.75, 3.05) is 0 Å². The summed E-state index contributed by atoms with van der Waals surface area (Å²) >= 11 is 0. The van der Waals surface area contributed by atoms with Crippen molar-refractivity contribution in [1.29, 1.82) is 0 Å². The third kappa shape index (κ3) is 2.43. The minimum Gasteiger partial charge on any atom is -0.344 e. The zero-order valence-corrected chi connectivity index (χ0v) is 12.5. The van der Waals surface area contributed by atoms with Gasteiger partial charge in [-0.05, 0) is 34.6 Å². The summed E-state index contributed by atoms with van der Waals surface area (Å²) in [6.07, 6.45) is 0. The van der Waals surface area contributed by atoms with Gasteiger partial charge in [0.15, 0.2) is 5.69 Å². The molecule has 20 heavy (non-hydrogen) atoms. The van der Waals surface area contributed by atoms with Crippen molar-refractivity contribution in [3.8, 4) is 0 Å². The van der Waals surface area contributed by atoms with Gasteiger partial charge in [0, 0.05) is 17.8 Å². The second-order valence-corrected chi connectivity index (χ2v) is 4.85. The SMILES string of the molecule is CCn1nc(C)c([C@@H](C)NC(=O)c2n[nH]nc2C)c1C. The fraction of sp³-hybridized carbons (Fsp3) is 0.538. The highest BCUT2D eigenvalue weighted by molar-refractivity contribution is 5.93. The maximum Gasteiger partial charge on any atom is 0.274 e. The summed E-state index contributed by atoms with van der Waals surface area (Å²) in [7, 11) is 0. The quantitative estimate of drug-likeness (QED) is 0.884. The van der Waals surface area contributed by atoms with Crippen LogP contribution in [0.25, 0.3) is 0 Å². The third-order valence-electron chi connectivity index (χ3n) is 3.45. The molecule has 0 aliphatic carbocycles. The lowest BCUT2D eigenvalue weighted by molar-refractivity contribution is 0.0934. The first-order valence-corrected chi connectivity index (χ1v) is 6.67. The third-order valence-corrected chi connectivity index (χ3v) is 3.45. The van der Waals surface area contributed by atoms with Gasteiger partial charge in [-0.3, -0.25) is 9.48 Å². The lowest BCUT2D eigenvalue weighted by Crippen LogP contribution is -2.28. The lowest BCUT2D eigenvalue weighted by atomic mass is 10.1. The molecule has 2 aromatic heterocycles. The Morgan fingerprint density at radius 2 is 2.00 bits per heavy atom. The van der Waals surface area contributed by atoms with Gasteiger partial charge in [0.2, 0.25) is 0 Å². The second kappa shape index (κ2) is 5.44. The van der Waals surface area contributed by atoms with Crippen molar-refractivity contribution in [3.63, 3.8) is 0 Å². The fourth-order valence-corrected chi connectivity index (χ4v) is 2.48. The number of nitrogens with zero attached hydrogens (tertiary/aromatic N) is 4. The lowest BCUT2D eigenvalue weighted by Gasteiger charge is -2.14. The van der Waals surface area contributed by atoms with Crippen LogP contribution >= 0.6 is 0 Å². The molecule has 108 valence electrons. The Morgan fingerprint density at radius 3 is 2.50 bits per heavy atom. The maximum atomic E-state index is 12.1. The van der Waals surface area contributed by atoms with E-state index in [1.54, 1.807) is 6.92 Å². The van der Waals surface area contributed by atoms with Crippen LogP contribution in [0.2, 0.25) is 0 Å². The van der Waals surface area contributed by atoms with Crippen LogP contribution in [0.3, 0.4) is 0 Å². The molecule has 0 saturated carbocycles. The molecule has 1 amide bonds. The number of amides is 1. The van der Waals surface area contributed by atoms with E-state index in [9.17, 15) is 4.79 Å². The molecule has 0 bridgehead atoms. The maximum absolute atomic E-state index is 12.1. The highest BCUT2D eigenvalue weighted by Gasteiger charge is 2.21. The summed E-state index contributed by atoms with van der Waals surface area (Å²) in [5, 5.41) is 17.6. The number of aryl methyl sites for hydroxylation is 3. The molecule has 2 heterocycles. The molecule has 0 aliphatic heterocycles. The van der Waals surface area contributed by atoms with Gasteiger partial charge in [-0.15, -0.1) is 0 Å². The second-order valence-electron chi connectivity index (χ2n) is 4.85. The Balaban J connectivity index is 2.21. The van der Waals surface area contributed by atoms with Gasteiger partial charge in [0.25, 0.3) is 5.91 Å². The van der Waals surface area contributed by atoms with Crippen molar-refractivity contribution in [1.82, 2.24) is 30.5 Å². The van der Waals surface area contributed by atoms with Crippen molar-refractivity contribution < 1.29 is 4.79 Å². The van der Waals surface area contributed by atoms with Crippen LogP contribution in [0, 0.1) is 20.8 Å². The van der Waals surface area contributed by atoms with Gasteiger partial charge in [-0.2, -0.15) is 20.5 Å². The van der Waals surface area contributed by atoms with Gasteiger partial charge in [-0.25, -0.2) is 0 Å². The highest BCUT2D eigenvalue weighted by Crippen LogP contribution is 2.21. The first kappa shape index (κ1) is 14.2. The molecule has 0 saturated heterocycles. The number of hydrogen-bond donors (Lipinski definition) is 2. The number of hydrogen-bond acceptors (Lipinski definition) is 4. The molecule has 0 radical (unpaired) electrons. The Kier molecular flexibility index (Phi) is 3.87. The molecule has 0 spiro atoms. The highest BCUT2D eigenvalue weighted by atomic mass is 16.2. The Bertz CT molecular complexity index is 627. The molecule has 0 aliphatic rings. The molecule has 0 unspecified atom stereocenters. The molecule has 2 N–H and O–H groups in total. The smallest absolute Gasteiger partial charge is 0.274 e. The molecule has 7 nitrogen and oxygen atoms in total. The van der Waals surface area contributed by atoms with Crippen molar-refractivity contribution in [2.24, 2.45) is 0 Å². The molecule has 7 heteroatoms. The topological polar surface area (TPSA) is 88.5 Å². The minimum absolute atomic E-state index is 0.126. The number of carbonyl (C=O) groups excluding carboxylic acids is 1. The van der Waals surface area contributed by atoms with Gasteiger partial charge in [0.05, 0.1) is 17.4 Å². The number of H-pyrrole nitrogens is 1. The summed E-state index contributed by atoms with van der Waals surface area (Å²) < 4.78 is 1.94. The standard InChI is InChI=1S/C13H20N6O/c1-6-19-10(5)11(8(3)17-19)7(2)14-13(20)12-9(4)15-18-16-12/h7H,6H2,1-5H3,(H,14,20)(H,15,16,18)/t7-/m1/s1. The Hall–Kier alpha value is -2.18. The Morgan fingerprint density at radius 1 is 1.30 bits per heavy atom. The molecule has 1 atom stereocenters. The number of rotatable bonds is 4. The number of aromatic amines is 1. The van der Waals surface area contributed by atoms with Crippen molar-refractivity contribution in [3.05, 3.63) is 28.3 Å². The van der Waals surface area contributed by atoms with Gasteiger partial charge < -0.3 is 5.32 Å². The van der Waals surface area contributed by atoms with E-state index in [0.717, 1.165) is 23.5 Å². The van der Waals surface area contributed by atoms with E-state index in [-0.39, 0.29) is 11.9 Å². The molecule has 0 aromatic carbocycles. The fourth-order valence-electron chi connectivity index (χ4n) is 2.48. The Labute approximate surface area is 117 Å². The van der Waals surface area contributed by atoms with Crippen LogP contribution in [-0.2, 0) is 6.54 Å². The summed E-state index contributed by atoms with van der Waals surface area (Å²) in [6.45, 7) is 10.5. The van der Waals surface area contributed by atoms with E-state index >= 15 is 0 Å². The van der Waals surface area contributed by atoms with Gasteiger partial charge in [-0.1, -0.05) is 0 Å². The first-order valence-electron chi connectivity index (χ1n) is 6.67. The summed E-state index contributed by atoms with van der Waals surface area (Å²) in [6, 6.07) is -0.126. The molecule has 0 fully saturated rings. The zero-order chi connectivity index (χ0) is 14.9. The van der Waals surface area contributed by atoms with E-state index in [2.05, 4.69) is 25.8 Å². The molecule has 2 aromatic rings. The van der Waals surface area contributed by atoms with Crippen LogP contribution in [-0.4, -0.2) is 31.1 Å². The van der Waals surface area contributed by atoms with Crippen molar-refractivity contribution >= 4 is 5.91 Å². The molecule has 2 rings (SSSR count). The van der Waals surface area contributed by atoms with Gasteiger partial charge >= 0.3 is 0 Å². The van der Waals surface area contributed by atoms with E-state index in [1.165, 1.54) is 0 Å². The van der Waals surface area contributed by atoms with Crippen LogP contribution in [0.5, 0.6) is 0 Å². The average Bonchev–Trinajstić information content (AvgIpc) is 2.93. The molecular weight excluding hydrogens is 256 g/mol.